The molecule has 0 bridgehead atoms. The van der Waals surface area contributed by atoms with E-state index in [0.717, 1.165) is 32.1 Å². The Hall–Kier alpha value is -3.08. The van der Waals surface area contributed by atoms with Crippen LogP contribution in [-0.2, 0) is 105 Å². The molecule has 93 heavy (non-hydrogen) atoms. The number of ether oxygens (including phenoxy) is 17. The minimum atomic E-state index is -1.69. The van der Waals surface area contributed by atoms with Gasteiger partial charge < -0.3 is 132 Å². The molecule has 4 rings (SSSR count). The molecule has 0 radical (unpaired) electrons. The Bertz CT molecular complexity index is 1920. The predicted octanol–water partition coefficient (Wildman–Crippen LogP) is -1.88. The Balaban J connectivity index is 1.04. The lowest BCUT2D eigenvalue weighted by atomic mass is 9.75. The van der Waals surface area contributed by atoms with Crippen LogP contribution < -0.4 is 21.8 Å². The fourth-order valence-electron chi connectivity index (χ4n) is 11.0. The van der Waals surface area contributed by atoms with E-state index in [0.29, 0.717) is 158 Å². The molecule has 32 heteroatoms. The van der Waals surface area contributed by atoms with Crippen molar-refractivity contribution in [3.63, 3.8) is 0 Å². The van der Waals surface area contributed by atoms with Crippen LogP contribution in [0.2, 0.25) is 0 Å². The number of aliphatic hydroxyl groups excluding tert-OH is 5. The molecule has 7 unspecified atom stereocenters. The zero-order valence-corrected chi connectivity index (χ0v) is 54.8. The number of carbonyl (C=O) groups excluding carboxylic acids is 3. The summed E-state index contributed by atoms with van der Waals surface area (Å²) in [6, 6.07) is -1.34. The molecule has 544 valence electrons. The number of rotatable bonds is 55. The van der Waals surface area contributed by atoms with Crippen LogP contribution in [0.25, 0.3) is 0 Å². The summed E-state index contributed by atoms with van der Waals surface area (Å²) in [6.07, 6.45) is -11.1. The molecular formula is C61H112N4O28. The molecule has 0 aromatic heterocycles. The molecule has 0 aromatic carbocycles. The summed E-state index contributed by atoms with van der Waals surface area (Å²) in [5, 5.41) is 72.8. The quantitative estimate of drug-likeness (QED) is 0.0235. The van der Waals surface area contributed by atoms with E-state index in [1.165, 1.54) is 13.8 Å². The number of carboxylic acid groups (broad SMARTS) is 1. The molecule has 2 saturated carbocycles. The average Bonchev–Trinajstić information content (AvgIpc) is 0.789. The zero-order chi connectivity index (χ0) is 67.3. The van der Waals surface area contributed by atoms with Crippen LogP contribution in [0, 0.1) is 17.8 Å². The van der Waals surface area contributed by atoms with E-state index >= 15 is 0 Å². The highest BCUT2D eigenvalue weighted by Gasteiger charge is 2.53. The number of hydrogen-bond acceptors (Lipinski definition) is 28. The SMILES string of the molecule is CC[C@@H]1CC(C(=O)NCCNC(=O)CCOCCOCCOCCOCCOCCOCCOCCOCCOCCOCCOCCOCCON)C[C@@H](O[C@@H]2OC(CO)[C@H](O)C(O[C@@H](CC3CCCCC3)C(=O)O)C2NC(C)=O)C1O[C@@H]1OC(C)[C@@H](O)[C@H](O)C1O. The topological polar surface area (TPSA) is 418 Å². The van der Waals surface area contributed by atoms with Crippen molar-refractivity contribution in [3.8, 4) is 0 Å². The van der Waals surface area contributed by atoms with E-state index < -0.39 is 110 Å². The first-order valence-electron chi connectivity index (χ1n) is 33.1. The number of hydrogen-bond donors (Lipinski definition) is 10. The van der Waals surface area contributed by atoms with Crippen molar-refractivity contribution < 1.29 is 135 Å². The van der Waals surface area contributed by atoms with Gasteiger partial charge in [-0.2, -0.15) is 0 Å². The molecular weight excluding hydrogens is 1240 g/mol. The van der Waals surface area contributed by atoms with Gasteiger partial charge in [0.1, 0.15) is 42.7 Å². The lowest BCUT2D eigenvalue weighted by Gasteiger charge is -2.49. The highest BCUT2D eigenvalue weighted by molar-refractivity contribution is 5.79. The average molecular weight is 1350 g/mol. The third-order valence-electron chi connectivity index (χ3n) is 16.0. The van der Waals surface area contributed by atoms with Crippen molar-refractivity contribution in [1.29, 1.82) is 0 Å². The third-order valence-corrected chi connectivity index (χ3v) is 16.0. The van der Waals surface area contributed by atoms with Gasteiger partial charge in [0.15, 0.2) is 18.7 Å². The Kier molecular flexibility index (Phi) is 45.3. The Morgan fingerprint density at radius 3 is 1.45 bits per heavy atom. The van der Waals surface area contributed by atoms with Crippen molar-refractivity contribution >= 4 is 23.7 Å². The first-order chi connectivity index (χ1) is 45.2. The second-order valence-corrected chi connectivity index (χ2v) is 23.0. The molecule has 2 aliphatic heterocycles. The predicted molar refractivity (Wildman–Crippen MR) is 326 cm³/mol. The van der Waals surface area contributed by atoms with E-state index in [4.69, 9.17) is 86.4 Å². The van der Waals surface area contributed by atoms with Crippen LogP contribution in [-0.4, -0.2) is 319 Å². The second kappa shape index (κ2) is 51.2. The fourth-order valence-corrected chi connectivity index (χ4v) is 11.0. The van der Waals surface area contributed by atoms with Crippen LogP contribution in [0.1, 0.15) is 85.0 Å². The third kappa shape index (κ3) is 34.3. The van der Waals surface area contributed by atoms with E-state index in [1.807, 2.05) is 6.92 Å². The van der Waals surface area contributed by atoms with Gasteiger partial charge in [0, 0.05) is 32.4 Å². The van der Waals surface area contributed by atoms with E-state index in [2.05, 4.69) is 20.8 Å². The van der Waals surface area contributed by atoms with Gasteiger partial charge in [0.25, 0.3) is 0 Å². The van der Waals surface area contributed by atoms with Crippen LogP contribution in [0.5, 0.6) is 0 Å². The van der Waals surface area contributed by atoms with Crippen LogP contribution in [0.3, 0.4) is 0 Å². The fraction of sp³-hybridized carbons (Fsp3) is 0.934. The number of nitrogens with one attached hydrogen (secondary N) is 3. The van der Waals surface area contributed by atoms with Gasteiger partial charge in [-0.15, -0.1) is 0 Å². The highest BCUT2D eigenvalue weighted by Crippen LogP contribution is 2.40. The lowest BCUT2D eigenvalue weighted by molar-refractivity contribution is -0.338. The molecule has 11 N–H and O–H groups in total. The Labute approximate surface area is 546 Å². The second-order valence-electron chi connectivity index (χ2n) is 23.0. The molecule has 3 amide bonds. The molecule has 2 heterocycles. The summed E-state index contributed by atoms with van der Waals surface area (Å²) < 4.78 is 97.0. The maximum absolute atomic E-state index is 14.0. The summed E-state index contributed by atoms with van der Waals surface area (Å²) in [5.41, 5.74) is 0. The van der Waals surface area contributed by atoms with Gasteiger partial charge in [0.2, 0.25) is 17.7 Å². The molecule has 2 saturated heterocycles. The number of amides is 3. The molecule has 4 aliphatic rings. The van der Waals surface area contributed by atoms with Crippen molar-refractivity contribution in [1.82, 2.24) is 16.0 Å². The van der Waals surface area contributed by atoms with Crippen molar-refractivity contribution in [2.24, 2.45) is 23.7 Å². The van der Waals surface area contributed by atoms with E-state index in [9.17, 15) is 49.8 Å². The lowest BCUT2D eigenvalue weighted by Crippen LogP contribution is -2.67. The standard InChI is InChI=1S/C61H112N4O28/c1-4-45-39-46(40-47(56(45)93-61-55(72)54(71)52(69)42(2)89-61)91-60-51(65-43(3)67)57(53(70)49(41-66)92-60)90-48(59(74)75)38-44-8-6-5-7-9-44)58(73)64-12-11-63-50(68)10-13-76-14-15-77-16-17-78-18-19-79-20-21-80-22-23-81-24-25-82-26-27-83-28-29-84-30-31-85-32-33-86-34-35-87-36-37-88-62/h42,44-49,51-57,60-61,66,69-72H,4-41,62H2,1-3H3,(H,63,68)(H,64,73)(H,65,67)(H,74,75)/t42?,45-,46?,47-,48+,49?,51?,52-,53+,54+,55?,56?,57?,60-,61+/m1/s1. The van der Waals surface area contributed by atoms with Gasteiger partial charge in [-0.25, -0.2) is 10.7 Å². The van der Waals surface area contributed by atoms with Gasteiger partial charge in [-0.1, -0.05) is 45.4 Å². The number of aliphatic carboxylic acids is 1. The number of carboxylic acids is 1. The van der Waals surface area contributed by atoms with E-state index in [-0.39, 0.29) is 69.7 Å². The van der Waals surface area contributed by atoms with E-state index in [1.54, 1.807) is 0 Å². The summed E-state index contributed by atoms with van der Waals surface area (Å²) in [4.78, 5) is 56.5. The zero-order valence-electron chi connectivity index (χ0n) is 54.8. The maximum atomic E-state index is 14.0. The van der Waals surface area contributed by atoms with Crippen LogP contribution in [0.4, 0.5) is 0 Å². The molecule has 0 spiro atoms. The minimum absolute atomic E-state index is 0.0363. The Morgan fingerprint density at radius 2 is 1.01 bits per heavy atom. The molecule has 0 aromatic rings. The molecule has 15 atom stereocenters. The largest absolute Gasteiger partial charge is 0.479 e. The monoisotopic (exact) mass is 1350 g/mol. The summed E-state index contributed by atoms with van der Waals surface area (Å²) in [5.74, 6) is 1.26. The first-order valence-corrected chi connectivity index (χ1v) is 33.1. The number of aliphatic hydroxyl groups is 5. The van der Waals surface area contributed by atoms with Gasteiger partial charge >= 0.3 is 5.97 Å². The smallest absolute Gasteiger partial charge is 0.332 e. The van der Waals surface area contributed by atoms with Crippen molar-refractivity contribution in [2.75, 3.05) is 185 Å². The van der Waals surface area contributed by atoms with Crippen LogP contribution >= 0.6 is 0 Å². The van der Waals surface area contributed by atoms with Crippen molar-refractivity contribution in [2.45, 2.75) is 165 Å². The summed E-state index contributed by atoms with van der Waals surface area (Å²) in [6.45, 7) is 14.3. The minimum Gasteiger partial charge on any atom is -0.479 e. The molecule has 2 aliphatic carbocycles. The normalized spacial score (nSPS) is 27.2. The van der Waals surface area contributed by atoms with Crippen LogP contribution in [0.15, 0.2) is 0 Å². The van der Waals surface area contributed by atoms with Crippen molar-refractivity contribution in [3.05, 3.63) is 0 Å². The maximum Gasteiger partial charge on any atom is 0.332 e. The van der Waals surface area contributed by atoms with Gasteiger partial charge in [-0.3, -0.25) is 14.4 Å². The Morgan fingerprint density at radius 1 is 0.548 bits per heavy atom. The number of nitrogens with two attached hydrogens (primary N) is 1. The number of carbonyl (C=O) groups is 4. The van der Waals surface area contributed by atoms with Gasteiger partial charge in [0.05, 0.1) is 190 Å². The summed E-state index contributed by atoms with van der Waals surface area (Å²) >= 11 is 0. The summed E-state index contributed by atoms with van der Waals surface area (Å²) in [7, 11) is 0. The van der Waals surface area contributed by atoms with Gasteiger partial charge in [-0.05, 0) is 38.0 Å². The molecule has 32 nitrogen and oxygen atoms in total. The first kappa shape index (κ1) is 82.3. The highest BCUT2D eigenvalue weighted by atomic mass is 16.7. The molecule has 4 fully saturated rings.